The molecular weight excluding hydrogens is 281 g/mol. The lowest BCUT2D eigenvalue weighted by Gasteiger charge is -2.18. The van der Waals surface area contributed by atoms with Crippen LogP contribution in [0.25, 0.3) is 11.3 Å². The second-order valence-electron chi connectivity index (χ2n) is 5.99. The Morgan fingerprint density at radius 3 is 2.86 bits per heavy atom. The van der Waals surface area contributed by atoms with Gasteiger partial charge in [0, 0.05) is 24.2 Å². The van der Waals surface area contributed by atoms with Crippen LogP contribution in [0.2, 0.25) is 0 Å². The van der Waals surface area contributed by atoms with Crippen molar-refractivity contribution in [2.24, 2.45) is 5.92 Å². The Kier molecular flexibility index (Phi) is 4.85. The smallest absolute Gasteiger partial charge is 0.132 e. The molecule has 5 heteroatoms. The number of aromatic amines is 1. The van der Waals surface area contributed by atoms with Gasteiger partial charge in [-0.3, -0.25) is 5.10 Å². The van der Waals surface area contributed by atoms with Crippen molar-refractivity contribution in [3.8, 4) is 11.3 Å². The molecule has 3 rings (SSSR count). The van der Waals surface area contributed by atoms with Crippen molar-refractivity contribution in [3.63, 3.8) is 0 Å². The number of halogens is 1. The summed E-state index contributed by atoms with van der Waals surface area (Å²) < 4.78 is 13.9. The highest BCUT2D eigenvalue weighted by molar-refractivity contribution is 5.63. The maximum Gasteiger partial charge on any atom is 0.132 e. The summed E-state index contributed by atoms with van der Waals surface area (Å²) in [5, 5.41) is 20.3. The van der Waals surface area contributed by atoms with E-state index in [1.165, 1.54) is 18.9 Å². The number of rotatable bonds is 6. The fourth-order valence-corrected chi connectivity index (χ4v) is 3.21. The van der Waals surface area contributed by atoms with E-state index >= 15 is 0 Å². The van der Waals surface area contributed by atoms with E-state index in [1.54, 1.807) is 24.4 Å². The van der Waals surface area contributed by atoms with Crippen LogP contribution in [-0.4, -0.2) is 28.0 Å². The van der Waals surface area contributed by atoms with E-state index in [4.69, 9.17) is 0 Å². The third-order valence-electron chi connectivity index (χ3n) is 4.47. The average Bonchev–Trinajstić information content (AvgIpc) is 3.19. The van der Waals surface area contributed by atoms with Crippen LogP contribution in [0.15, 0.2) is 30.5 Å². The minimum Gasteiger partial charge on any atom is -0.392 e. The molecule has 1 aliphatic carbocycles. The minimum atomic E-state index is -0.300. The number of aromatic nitrogens is 2. The second kappa shape index (κ2) is 7.03. The molecule has 1 atom stereocenters. The normalized spacial score (nSPS) is 17.0. The Morgan fingerprint density at radius 2 is 2.09 bits per heavy atom. The number of aliphatic hydroxyl groups is 1. The van der Waals surface area contributed by atoms with Gasteiger partial charge in [0.25, 0.3) is 0 Å². The Morgan fingerprint density at radius 1 is 1.32 bits per heavy atom. The second-order valence-corrected chi connectivity index (χ2v) is 5.99. The molecule has 1 heterocycles. The fourth-order valence-electron chi connectivity index (χ4n) is 3.21. The molecule has 0 saturated heterocycles. The van der Waals surface area contributed by atoms with Gasteiger partial charge in [0.2, 0.25) is 0 Å². The van der Waals surface area contributed by atoms with Crippen LogP contribution >= 0.6 is 0 Å². The number of benzene rings is 1. The van der Waals surface area contributed by atoms with E-state index in [9.17, 15) is 9.50 Å². The summed E-state index contributed by atoms with van der Waals surface area (Å²) in [4.78, 5) is 0. The molecule has 118 valence electrons. The van der Waals surface area contributed by atoms with Crippen LogP contribution in [-0.2, 0) is 6.54 Å². The Bertz CT molecular complexity index is 607. The van der Waals surface area contributed by atoms with Gasteiger partial charge in [-0.1, -0.05) is 25.0 Å². The van der Waals surface area contributed by atoms with Crippen LogP contribution in [0.5, 0.6) is 0 Å². The van der Waals surface area contributed by atoms with Crippen molar-refractivity contribution < 1.29 is 9.50 Å². The molecule has 1 aliphatic rings. The van der Waals surface area contributed by atoms with Gasteiger partial charge in [0.15, 0.2) is 0 Å². The van der Waals surface area contributed by atoms with Gasteiger partial charge in [-0.05, 0) is 30.9 Å². The van der Waals surface area contributed by atoms with Gasteiger partial charge in [-0.2, -0.15) is 5.10 Å². The predicted octanol–water partition coefficient (Wildman–Crippen LogP) is 2.86. The van der Waals surface area contributed by atoms with Gasteiger partial charge in [0.1, 0.15) is 5.82 Å². The van der Waals surface area contributed by atoms with E-state index in [-0.39, 0.29) is 11.9 Å². The quantitative estimate of drug-likeness (QED) is 0.769. The minimum absolute atomic E-state index is 0.265. The average molecular weight is 303 g/mol. The zero-order valence-corrected chi connectivity index (χ0v) is 12.6. The third kappa shape index (κ3) is 3.36. The van der Waals surface area contributed by atoms with Crippen molar-refractivity contribution in [1.82, 2.24) is 15.5 Å². The molecule has 4 nitrogen and oxygen atoms in total. The Balaban J connectivity index is 1.60. The first kappa shape index (κ1) is 15.2. The molecule has 22 heavy (non-hydrogen) atoms. The highest BCUT2D eigenvalue weighted by Crippen LogP contribution is 2.27. The van der Waals surface area contributed by atoms with Gasteiger partial charge in [-0.25, -0.2) is 4.39 Å². The molecule has 3 N–H and O–H groups in total. The van der Waals surface area contributed by atoms with E-state index in [1.807, 2.05) is 0 Å². The summed E-state index contributed by atoms with van der Waals surface area (Å²) in [5.74, 6) is 0.155. The summed E-state index contributed by atoms with van der Waals surface area (Å²) in [6.45, 7) is 1.12. The van der Waals surface area contributed by atoms with Crippen molar-refractivity contribution in [3.05, 3.63) is 41.8 Å². The van der Waals surface area contributed by atoms with E-state index < -0.39 is 0 Å². The number of aliphatic hydroxyl groups excluding tert-OH is 1. The van der Waals surface area contributed by atoms with Crippen LogP contribution in [0.3, 0.4) is 0 Å². The van der Waals surface area contributed by atoms with Crippen molar-refractivity contribution in [1.29, 1.82) is 0 Å². The highest BCUT2D eigenvalue weighted by Gasteiger charge is 2.22. The molecular formula is C17H22FN3O. The first-order chi connectivity index (χ1) is 10.8. The summed E-state index contributed by atoms with van der Waals surface area (Å²) >= 11 is 0. The Hall–Kier alpha value is -1.72. The number of hydrogen-bond donors (Lipinski definition) is 3. The van der Waals surface area contributed by atoms with Gasteiger partial charge in [-0.15, -0.1) is 0 Å². The lowest BCUT2D eigenvalue weighted by Crippen LogP contribution is -2.31. The van der Waals surface area contributed by atoms with Crippen LogP contribution in [0.1, 0.15) is 31.2 Å². The van der Waals surface area contributed by atoms with E-state index in [0.29, 0.717) is 30.3 Å². The third-order valence-corrected chi connectivity index (χ3v) is 4.47. The molecule has 0 bridgehead atoms. The number of nitrogens with one attached hydrogen (secondary N) is 2. The molecule has 1 aromatic carbocycles. The van der Waals surface area contributed by atoms with E-state index in [2.05, 4.69) is 15.5 Å². The van der Waals surface area contributed by atoms with Gasteiger partial charge in [0.05, 0.1) is 18.0 Å². The van der Waals surface area contributed by atoms with Crippen molar-refractivity contribution in [2.75, 3.05) is 6.54 Å². The number of hydrogen-bond acceptors (Lipinski definition) is 3. The van der Waals surface area contributed by atoms with Crippen molar-refractivity contribution in [2.45, 2.75) is 38.3 Å². The van der Waals surface area contributed by atoms with Gasteiger partial charge < -0.3 is 10.4 Å². The van der Waals surface area contributed by atoms with Gasteiger partial charge >= 0.3 is 0 Å². The molecule has 1 aromatic heterocycles. The maximum atomic E-state index is 13.9. The summed E-state index contributed by atoms with van der Waals surface area (Å²) in [7, 11) is 0. The zero-order valence-electron chi connectivity index (χ0n) is 12.6. The number of nitrogens with zero attached hydrogens (tertiary/aromatic N) is 1. The molecule has 2 aromatic rings. The van der Waals surface area contributed by atoms with Crippen LogP contribution in [0.4, 0.5) is 4.39 Å². The first-order valence-electron chi connectivity index (χ1n) is 7.91. The fraction of sp³-hybridized carbons (Fsp3) is 0.471. The Labute approximate surface area is 129 Å². The molecule has 0 aliphatic heterocycles. The van der Waals surface area contributed by atoms with Crippen LogP contribution < -0.4 is 5.32 Å². The molecule has 0 spiro atoms. The van der Waals surface area contributed by atoms with Crippen LogP contribution in [0, 0.1) is 11.7 Å². The maximum absolute atomic E-state index is 13.9. The number of H-pyrrole nitrogens is 1. The zero-order chi connectivity index (χ0) is 15.4. The SMILES string of the molecule is OC(CNCc1cn[nH]c1-c1ccccc1F)C1CCCC1. The molecule has 0 amide bonds. The molecule has 1 saturated carbocycles. The first-order valence-corrected chi connectivity index (χ1v) is 7.91. The topological polar surface area (TPSA) is 60.9 Å². The molecule has 0 radical (unpaired) electrons. The molecule has 1 fully saturated rings. The molecule has 1 unspecified atom stereocenters. The summed E-state index contributed by atoms with van der Waals surface area (Å²) in [5.41, 5.74) is 2.12. The summed E-state index contributed by atoms with van der Waals surface area (Å²) in [6, 6.07) is 6.66. The lowest BCUT2D eigenvalue weighted by molar-refractivity contribution is 0.109. The standard InChI is InChI=1S/C17H22FN3O/c18-15-8-4-3-7-14(15)17-13(10-20-21-17)9-19-11-16(22)12-5-1-2-6-12/h3-4,7-8,10,12,16,19,22H,1-2,5-6,9,11H2,(H,20,21). The largest absolute Gasteiger partial charge is 0.392 e. The van der Waals surface area contributed by atoms with Crippen molar-refractivity contribution >= 4 is 0 Å². The lowest BCUT2D eigenvalue weighted by atomic mass is 10.0. The predicted molar refractivity (Wildman–Crippen MR) is 83.7 cm³/mol. The van der Waals surface area contributed by atoms with E-state index in [0.717, 1.165) is 18.4 Å². The monoisotopic (exact) mass is 303 g/mol. The highest BCUT2D eigenvalue weighted by atomic mass is 19.1. The summed E-state index contributed by atoms with van der Waals surface area (Å²) in [6.07, 6.45) is 6.09.